The van der Waals surface area contributed by atoms with Crippen molar-refractivity contribution in [3.8, 4) is 0 Å². The standard InChI is InChI=1S/C30H33Cl2N3O4S/c1-21-12-14-23(15-13-21)19-34(22(2)30(37)33-25-8-6-7-9-25)29(36)20-35(28-17-16-24(31)18-27(28)32)40(38,39)26-10-4-3-5-11-26/h3-5,10-18,22,25H,6-9,19-20H2,1-2H3,(H,33,37)/t22-/m0/s1. The van der Waals surface area contributed by atoms with Crippen molar-refractivity contribution in [1.82, 2.24) is 10.2 Å². The Labute approximate surface area is 246 Å². The summed E-state index contributed by atoms with van der Waals surface area (Å²) < 4.78 is 28.7. The highest BCUT2D eigenvalue weighted by Crippen LogP contribution is 2.33. The number of anilines is 1. The molecule has 0 aliphatic heterocycles. The molecular formula is C30H33Cl2N3O4S. The maximum absolute atomic E-state index is 14.0. The smallest absolute Gasteiger partial charge is 0.264 e. The summed E-state index contributed by atoms with van der Waals surface area (Å²) in [4.78, 5) is 28.7. The van der Waals surface area contributed by atoms with Gasteiger partial charge in [-0.1, -0.05) is 84.1 Å². The first-order valence-electron chi connectivity index (χ1n) is 13.2. The summed E-state index contributed by atoms with van der Waals surface area (Å²) in [7, 11) is -4.20. The van der Waals surface area contributed by atoms with Crippen molar-refractivity contribution in [1.29, 1.82) is 0 Å². The first-order chi connectivity index (χ1) is 19.1. The normalized spacial score (nSPS) is 14.5. The van der Waals surface area contributed by atoms with Gasteiger partial charge < -0.3 is 10.2 Å². The largest absolute Gasteiger partial charge is 0.352 e. The van der Waals surface area contributed by atoms with Crippen LogP contribution in [-0.2, 0) is 26.2 Å². The van der Waals surface area contributed by atoms with Crippen LogP contribution in [0.25, 0.3) is 0 Å². The molecule has 1 aliphatic rings. The maximum atomic E-state index is 14.0. The topological polar surface area (TPSA) is 86.8 Å². The number of aryl methyl sites for hydroxylation is 1. The molecule has 0 heterocycles. The van der Waals surface area contributed by atoms with E-state index in [9.17, 15) is 18.0 Å². The van der Waals surface area contributed by atoms with E-state index < -0.39 is 28.5 Å². The fraction of sp³-hybridized carbons (Fsp3) is 0.333. The number of sulfonamides is 1. The van der Waals surface area contributed by atoms with Crippen LogP contribution in [0.3, 0.4) is 0 Å². The second-order valence-electron chi connectivity index (χ2n) is 10.1. The van der Waals surface area contributed by atoms with E-state index in [2.05, 4.69) is 5.32 Å². The summed E-state index contributed by atoms with van der Waals surface area (Å²) in [6, 6.07) is 19.1. The second kappa shape index (κ2) is 13.1. The van der Waals surface area contributed by atoms with Gasteiger partial charge in [0.1, 0.15) is 12.6 Å². The fourth-order valence-corrected chi connectivity index (χ4v) is 6.80. The lowest BCUT2D eigenvalue weighted by Crippen LogP contribution is -2.52. The van der Waals surface area contributed by atoms with E-state index in [1.807, 2.05) is 31.2 Å². The molecule has 0 aromatic heterocycles. The number of hydrogen-bond donors (Lipinski definition) is 1. The summed E-state index contributed by atoms with van der Waals surface area (Å²) in [6.45, 7) is 3.20. The molecule has 0 unspecified atom stereocenters. The van der Waals surface area contributed by atoms with E-state index >= 15 is 0 Å². The zero-order valence-electron chi connectivity index (χ0n) is 22.5. The van der Waals surface area contributed by atoms with Crippen molar-refractivity contribution in [3.05, 3.63) is 94.0 Å². The first kappa shape index (κ1) is 29.9. The number of hydrogen-bond acceptors (Lipinski definition) is 4. The third-order valence-corrected chi connectivity index (χ3v) is 9.44. The summed E-state index contributed by atoms with van der Waals surface area (Å²) in [6.07, 6.45) is 3.92. The van der Waals surface area contributed by atoms with Crippen LogP contribution in [0.15, 0.2) is 77.7 Å². The van der Waals surface area contributed by atoms with E-state index in [0.717, 1.165) is 41.1 Å². The third kappa shape index (κ3) is 7.16. The highest BCUT2D eigenvalue weighted by atomic mass is 35.5. The molecule has 10 heteroatoms. The molecule has 7 nitrogen and oxygen atoms in total. The van der Waals surface area contributed by atoms with E-state index in [0.29, 0.717) is 5.02 Å². The number of amides is 2. The molecule has 1 atom stereocenters. The maximum Gasteiger partial charge on any atom is 0.264 e. The van der Waals surface area contributed by atoms with Crippen LogP contribution in [0.5, 0.6) is 0 Å². The lowest BCUT2D eigenvalue weighted by molar-refractivity contribution is -0.139. The van der Waals surface area contributed by atoms with E-state index in [1.54, 1.807) is 25.1 Å². The van der Waals surface area contributed by atoms with Gasteiger partial charge in [0.25, 0.3) is 10.0 Å². The highest BCUT2D eigenvalue weighted by Gasteiger charge is 2.34. The highest BCUT2D eigenvalue weighted by molar-refractivity contribution is 7.92. The number of rotatable bonds is 10. The fourth-order valence-electron chi connectivity index (χ4n) is 4.78. The molecule has 2 amide bonds. The Morgan fingerprint density at radius 2 is 1.62 bits per heavy atom. The predicted octanol–water partition coefficient (Wildman–Crippen LogP) is 5.97. The molecule has 1 N–H and O–H groups in total. The summed E-state index contributed by atoms with van der Waals surface area (Å²) in [5, 5.41) is 3.47. The predicted molar refractivity (Wildman–Crippen MR) is 159 cm³/mol. The summed E-state index contributed by atoms with van der Waals surface area (Å²) in [5.41, 5.74) is 1.99. The molecule has 0 spiro atoms. The molecule has 3 aromatic rings. The van der Waals surface area contributed by atoms with Crippen LogP contribution in [-0.4, -0.2) is 43.8 Å². The van der Waals surface area contributed by atoms with Crippen molar-refractivity contribution in [2.75, 3.05) is 10.8 Å². The number of halogens is 2. The molecule has 1 saturated carbocycles. The zero-order chi connectivity index (χ0) is 28.9. The van der Waals surface area contributed by atoms with Crippen LogP contribution >= 0.6 is 23.2 Å². The Hall–Kier alpha value is -3.07. The molecule has 0 radical (unpaired) electrons. The molecule has 0 saturated heterocycles. The van der Waals surface area contributed by atoms with Crippen LogP contribution in [0.2, 0.25) is 10.0 Å². The zero-order valence-corrected chi connectivity index (χ0v) is 24.8. The molecule has 212 valence electrons. The van der Waals surface area contributed by atoms with Crippen molar-refractivity contribution < 1.29 is 18.0 Å². The number of carbonyl (C=O) groups is 2. The minimum Gasteiger partial charge on any atom is -0.352 e. The molecule has 40 heavy (non-hydrogen) atoms. The Balaban J connectivity index is 1.70. The van der Waals surface area contributed by atoms with Crippen molar-refractivity contribution in [3.63, 3.8) is 0 Å². The third-order valence-electron chi connectivity index (χ3n) is 7.13. The average Bonchev–Trinajstić information content (AvgIpc) is 3.45. The van der Waals surface area contributed by atoms with Crippen LogP contribution in [0.4, 0.5) is 5.69 Å². The van der Waals surface area contributed by atoms with Gasteiger partial charge in [0.2, 0.25) is 11.8 Å². The number of carbonyl (C=O) groups excluding carboxylic acids is 2. The Morgan fingerprint density at radius 3 is 2.25 bits per heavy atom. The number of benzene rings is 3. The summed E-state index contributed by atoms with van der Waals surface area (Å²) >= 11 is 12.5. The molecule has 3 aromatic carbocycles. The number of nitrogens with zero attached hydrogens (tertiary/aromatic N) is 2. The molecule has 1 aliphatic carbocycles. The van der Waals surface area contributed by atoms with E-state index in [1.165, 1.54) is 35.2 Å². The van der Waals surface area contributed by atoms with Crippen LogP contribution in [0, 0.1) is 6.92 Å². The first-order valence-corrected chi connectivity index (χ1v) is 15.4. The van der Waals surface area contributed by atoms with E-state index in [4.69, 9.17) is 23.2 Å². The Kier molecular flexibility index (Phi) is 9.77. The molecule has 0 bridgehead atoms. The Bertz CT molecular complexity index is 1440. The van der Waals surface area contributed by atoms with Gasteiger partial charge in [0.15, 0.2) is 0 Å². The summed E-state index contributed by atoms with van der Waals surface area (Å²) in [5.74, 6) is -0.811. The van der Waals surface area contributed by atoms with Gasteiger partial charge in [-0.15, -0.1) is 0 Å². The minimum absolute atomic E-state index is 0.00549. The van der Waals surface area contributed by atoms with Crippen molar-refractivity contribution in [2.24, 2.45) is 0 Å². The van der Waals surface area contributed by atoms with Gasteiger partial charge in [0.05, 0.1) is 15.6 Å². The van der Waals surface area contributed by atoms with Crippen molar-refractivity contribution in [2.45, 2.75) is 63.1 Å². The van der Waals surface area contributed by atoms with Gasteiger partial charge in [-0.05, 0) is 62.6 Å². The molecule has 1 fully saturated rings. The minimum atomic E-state index is -4.20. The van der Waals surface area contributed by atoms with Gasteiger partial charge in [0, 0.05) is 17.6 Å². The van der Waals surface area contributed by atoms with Gasteiger partial charge in [-0.25, -0.2) is 8.42 Å². The van der Waals surface area contributed by atoms with Crippen LogP contribution in [0.1, 0.15) is 43.7 Å². The Morgan fingerprint density at radius 1 is 0.975 bits per heavy atom. The monoisotopic (exact) mass is 601 g/mol. The second-order valence-corrected chi connectivity index (χ2v) is 12.8. The lowest BCUT2D eigenvalue weighted by Gasteiger charge is -2.32. The van der Waals surface area contributed by atoms with Gasteiger partial charge in [-0.2, -0.15) is 0 Å². The molecule has 4 rings (SSSR count). The quantitative estimate of drug-likeness (QED) is 0.310. The average molecular weight is 603 g/mol. The van der Waals surface area contributed by atoms with Gasteiger partial charge >= 0.3 is 0 Å². The number of nitrogens with one attached hydrogen (secondary N) is 1. The SMILES string of the molecule is Cc1ccc(CN(C(=O)CN(c2ccc(Cl)cc2Cl)S(=O)(=O)c2ccccc2)[C@@H](C)C(=O)NC2CCCC2)cc1. The van der Waals surface area contributed by atoms with E-state index in [-0.39, 0.29) is 34.1 Å². The van der Waals surface area contributed by atoms with Gasteiger partial charge in [-0.3, -0.25) is 13.9 Å². The van der Waals surface area contributed by atoms with Crippen molar-refractivity contribution >= 4 is 50.7 Å². The lowest BCUT2D eigenvalue weighted by atomic mass is 10.1. The molecular weight excluding hydrogens is 569 g/mol. The van der Waals surface area contributed by atoms with Crippen LogP contribution < -0.4 is 9.62 Å².